The fourth-order valence-corrected chi connectivity index (χ4v) is 1.73. The van der Waals surface area contributed by atoms with Gasteiger partial charge in [0.25, 0.3) is 0 Å². The first-order valence-corrected chi connectivity index (χ1v) is 6.62. The van der Waals surface area contributed by atoms with Crippen molar-refractivity contribution in [2.24, 2.45) is 0 Å². The molecule has 1 aromatic carbocycles. The van der Waals surface area contributed by atoms with Gasteiger partial charge in [-0.25, -0.2) is 4.79 Å². The average Bonchev–Trinajstić information content (AvgIpc) is 2.41. The molecule has 0 heterocycles. The van der Waals surface area contributed by atoms with Crippen LogP contribution in [0.2, 0.25) is 0 Å². The molecule has 7 heteroatoms. The molecule has 118 valence electrons. The lowest BCUT2D eigenvalue weighted by Crippen LogP contribution is -2.14. The van der Waals surface area contributed by atoms with Crippen LogP contribution in [0.1, 0.15) is 35.7 Å². The maximum absolute atomic E-state index is 12.7. The van der Waals surface area contributed by atoms with Gasteiger partial charge in [0.2, 0.25) is 0 Å². The molecule has 0 radical (unpaired) electrons. The number of benzene rings is 1. The first-order chi connectivity index (χ1) is 9.86. The number of rotatable bonds is 8. The molecule has 1 aromatic rings. The maximum atomic E-state index is 12.7. The molecule has 1 rings (SSSR count). The Morgan fingerprint density at radius 1 is 1.33 bits per heavy atom. The predicted molar refractivity (Wildman–Crippen MR) is 72.6 cm³/mol. The Balaban J connectivity index is 2.65. The molecule has 4 nitrogen and oxygen atoms in total. The maximum Gasteiger partial charge on any atom is 0.417 e. The number of carbonyl (C=O) groups is 1. The van der Waals surface area contributed by atoms with Crippen molar-refractivity contribution in [2.75, 3.05) is 25.1 Å². The van der Waals surface area contributed by atoms with Crippen molar-refractivity contribution in [3.8, 4) is 0 Å². The lowest BCUT2D eigenvalue weighted by molar-refractivity contribution is -0.138. The number of carboxylic acids is 1. The van der Waals surface area contributed by atoms with E-state index < -0.39 is 23.3 Å². The van der Waals surface area contributed by atoms with Crippen LogP contribution in [-0.4, -0.2) is 30.8 Å². The summed E-state index contributed by atoms with van der Waals surface area (Å²) in [6.45, 7) is 3.71. The number of aromatic carboxylic acids is 1. The standard InChI is InChI=1S/C14H18F3NO3/c1-2-7-21-8-3-6-18-10-4-5-12(14(15,16)17)11(9-10)13(19)20/h4-5,9,18H,2-3,6-8H2,1H3,(H,19,20). The van der Waals surface area contributed by atoms with E-state index in [-0.39, 0.29) is 0 Å². The van der Waals surface area contributed by atoms with Gasteiger partial charge >= 0.3 is 12.1 Å². The molecule has 21 heavy (non-hydrogen) atoms. The Kier molecular flexibility index (Phi) is 6.48. The molecule has 0 aromatic heterocycles. The van der Waals surface area contributed by atoms with Crippen molar-refractivity contribution in [2.45, 2.75) is 25.9 Å². The Labute approximate surface area is 120 Å². The number of hydrogen-bond donors (Lipinski definition) is 2. The van der Waals surface area contributed by atoms with Crippen LogP contribution in [0.25, 0.3) is 0 Å². The zero-order valence-corrected chi connectivity index (χ0v) is 11.7. The van der Waals surface area contributed by atoms with E-state index in [0.29, 0.717) is 31.9 Å². The van der Waals surface area contributed by atoms with Crippen molar-refractivity contribution < 1.29 is 27.8 Å². The topological polar surface area (TPSA) is 58.6 Å². The lowest BCUT2D eigenvalue weighted by atomic mass is 10.1. The second kappa shape index (κ2) is 7.87. The average molecular weight is 305 g/mol. The summed E-state index contributed by atoms with van der Waals surface area (Å²) in [5.74, 6) is -1.60. The third-order valence-corrected chi connectivity index (χ3v) is 2.70. The highest BCUT2D eigenvalue weighted by atomic mass is 19.4. The van der Waals surface area contributed by atoms with E-state index in [0.717, 1.165) is 18.6 Å². The van der Waals surface area contributed by atoms with Crippen LogP contribution in [0.5, 0.6) is 0 Å². The van der Waals surface area contributed by atoms with Gasteiger partial charge in [-0.15, -0.1) is 0 Å². The van der Waals surface area contributed by atoms with Gasteiger partial charge in [-0.1, -0.05) is 6.92 Å². The molecular formula is C14H18F3NO3. The van der Waals surface area contributed by atoms with E-state index in [1.165, 1.54) is 6.07 Å². The SMILES string of the molecule is CCCOCCCNc1ccc(C(F)(F)F)c(C(=O)O)c1. The summed E-state index contributed by atoms with van der Waals surface area (Å²) in [6, 6.07) is 3.00. The van der Waals surface area contributed by atoms with Crippen LogP contribution in [0.4, 0.5) is 18.9 Å². The fourth-order valence-electron chi connectivity index (χ4n) is 1.73. The quantitative estimate of drug-likeness (QED) is 0.720. The van der Waals surface area contributed by atoms with Gasteiger partial charge in [0, 0.05) is 25.4 Å². The summed E-state index contributed by atoms with van der Waals surface area (Å²) in [5.41, 5.74) is -1.56. The highest BCUT2D eigenvalue weighted by Crippen LogP contribution is 2.33. The zero-order valence-electron chi connectivity index (χ0n) is 11.7. The van der Waals surface area contributed by atoms with E-state index in [1.807, 2.05) is 6.92 Å². The fraction of sp³-hybridized carbons (Fsp3) is 0.500. The van der Waals surface area contributed by atoms with Gasteiger partial charge in [0.1, 0.15) is 0 Å². The summed E-state index contributed by atoms with van der Waals surface area (Å²) < 4.78 is 43.3. The molecule has 2 N–H and O–H groups in total. The minimum absolute atomic E-state index is 0.343. The molecule has 0 saturated heterocycles. The molecule has 0 spiro atoms. The highest BCUT2D eigenvalue weighted by Gasteiger charge is 2.35. The van der Waals surface area contributed by atoms with Crippen molar-refractivity contribution in [3.05, 3.63) is 29.3 Å². The second-order valence-electron chi connectivity index (χ2n) is 4.46. The number of alkyl halides is 3. The van der Waals surface area contributed by atoms with Gasteiger partial charge in [-0.3, -0.25) is 0 Å². The van der Waals surface area contributed by atoms with E-state index in [1.54, 1.807) is 0 Å². The third kappa shape index (κ3) is 5.63. The van der Waals surface area contributed by atoms with Crippen LogP contribution >= 0.6 is 0 Å². The number of carboxylic acid groups (broad SMARTS) is 1. The third-order valence-electron chi connectivity index (χ3n) is 2.70. The molecule has 0 fully saturated rings. The van der Waals surface area contributed by atoms with Gasteiger partial charge in [0.15, 0.2) is 0 Å². The number of ether oxygens (including phenoxy) is 1. The Hall–Kier alpha value is -1.76. The van der Waals surface area contributed by atoms with Crippen molar-refractivity contribution >= 4 is 11.7 Å². The van der Waals surface area contributed by atoms with E-state index in [2.05, 4.69) is 5.32 Å². The molecule has 0 unspecified atom stereocenters. The first-order valence-electron chi connectivity index (χ1n) is 6.62. The van der Waals surface area contributed by atoms with Crippen LogP contribution in [0, 0.1) is 0 Å². The molecule has 0 amide bonds. The number of anilines is 1. The van der Waals surface area contributed by atoms with Gasteiger partial charge in [-0.2, -0.15) is 13.2 Å². The monoisotopic (exact) mass is 305 g/mol. The van der Waals surface area contributed by atoms with E-state index in [9.17, 15) is 18.0 Å². The number of halogens is 3. The molecule has 0 saturated carbocycles. The van der Waals surface area contributed by atoms with Crippen LogP contribution in [0.3, 0.4) is 0 Å². The summed E-state index contributed by atoms with van der Waals surface area (Å²) in [6.07, 6.45) is -3.07. The summed E-state index contributed by atoms with van der Waals surface area (Å²) in [7, 11) is 0. The second-order valence-corrected chi connectivity index (χ2v) is 4.46. The van der Waals surface area contributed by atoms with Crippen LogP contribution < -0.4 is 5.32 Å². The van der Waals surface area contributed by atoms with Crippen LogP contribution in [-0.2, 0) is 10.9 Å². The summed E-state index contributed by atoms with van der Waals surface area (Å²) in [4.78, 5) is 10.9. The minimum atomic E-state index is -4.68. The smallest absolute Gasteiger partial charge is 0.417 e. The van der Waals surface area contributed by atoms with Crippen LogP contribution in [0.15, 0.2) is 18.2 Å². The molecule has 0 aliphatic heterocycles. The minimum Gasteiger partial charge on any atom is -0.478 e. The molecular weight excluding hydrogens is 287 g/mol. The lowest BCUT2D eigenvalue weighted by Gasteiger charge is -2.13. The molecule has 0 bridgehead atoms. The van der Waals surface area contributed by atoms with Gasteiger partial charge in [0.05, 0.1) is 11.1 Å². The normalized spacial score (nSPS) is 11.4. The summed E-state index contributed by atoms with van der Waals surface area (Å²) in [5, 5.41) is 11.8. The number of hydrogen-bond acceptors (Lipinski definition) is 3. The van der Waals surface area contributed by atoms with Crippen molar-refractivity contribution in [1.82, 2.24) is 0 Å². The molecule has 0 atom stereocenters. The van der Waals surface area contributed by atoms with Gasteiger partial charge in [-0.05, 0) is 31.0 Å². The van der Waals surface area contributed by atoms with E-state index in [4.69, 9.17) is 9.84 Å². The Morgan fingerprint density at radius 2 is 2.05 bits per heavy atom. The summed E-state index contributed by atoms with van der Waals surface area (Å²) >= 11 is 0. The first kappa shape index (κ1) is 17.3. The van der Waals surface area contributed by atoms with E-state index >= 15 is 0 Å². The molecule has 0 aliphatic carbocycles. The Morgan fingerprint density at radius 3 is 2.62 bits per heavy atom. The number of nitrogens with one attached hydrogen (secondary N) is 1. The molecule has 0 aliphatic rings. The van der Waals surface area contributed by atoms with Crippen molar-refractivity contribution in [1.29, 1.82) is 0 Å². The largest absolute Gasteiger partial charge is 0.478 e. The predicted octanol–water partition coefficient (Wildman–Crippen LogP) is 3.63. The van der Waals surface area contributed by atoms with Gasteiger partial charge < -0.3 is 15.2 Å². The van der Waals surface area contributed by atoms with Crippen molar-refractivity contribution in [3.63, 3.8) is 0 Å². The Bertz CT molecular complexity index is 475. The highest BCUT2D eigenvalue weighted by molar-refractivity contribution is 5.91. The zero-order chi connectivity index (χ0) is 15.9.